The van der Waals surface area contributed by atoms with E-state index in [0.717, 1.165) is 39.0 Å². The van der Waals surface area contributed by atoms with Crippen molar-refractivity contribution in [2.45, 2.75) is 45.8 Å². The molecule has 4 nitrogen and oxygen atoms in total. The number of hydrogen-bond acceptors (Lipinski definition) is 3. The summed E-state index contributed by atoms with van der Waals surface area (Å²) in [6.45, 7) is 9.61. The van der Waals surface area contributed by atoms with Gasteiger partial charge < -0.3 is 14.9 Å². The Morgan fingerprint density at radius 2 is 1.88 bits per heavy atom. The number of likely N-dealkylation sites (tertiary alicyclic amines) is 1. The van der Waals surface area contributed by atoms with Gasteiger partial charge in [-0.15, -0.1) is 0 Å². The summed E-state index contributed by atoms with van der Waals surface area (Å²) in [7, 11) is 0. The summed E-state index contributed by atoms with van der Waals surface area (Å²) in [4.78, 5) is 15.8. The van der Waals surface area contributed by atoms with Crippen molar-refractivity contribution in [3.05, 3.63) is 0 Å². The van der Waals surface area contributed by atoms with E-state index in [9.17, 15) is 9.90 Å². The van der Waals surface area contributed by atoms with Crippen LogP contribution in [0.5, 0.6) is 0 Å². The van der Waals surface area contributed by atoms with Crippen LogP contribution < -0.4 is 0 Å². The van der Waals surface area contributed by atoms with E-state index < -0.39 is 6.10 Å². The van der Waals surface area contributed by atoms with Crippen LogP contribution in [0.1, 0.15) is 33.6 Å². The standard InChI is InChI=1S/C12H24N2O2/c1-4-13(5-2)11-6-8-14(9-7-11)12(16)10(3)15/h10-11,15H,4-9H2,1-3H3. The summed E-state index contributed by atoms with van der Waals surface area (Å²) < 4.78 is 0. The van der Waals surface area contributed by atoms with Crippen LogP contribution in [0.15, 0.2) is 0 Å². The van der Waals surface area contributed by atoms with Crippen molar-refractivity contribution < 1.29 is 9.90 Å². The highest BCUT2D eigenvalue weighted by molar-refractivity contribution is 5.80. The first-order chi connectivity index (χ1) is 7.60. The minimum absolute atomic E-state index is 0.127. The maximum absolute atomic E-state index is 11.6. The van der Waals surface area contributed by atoms with E-state index >= 15 is 0 Å². The highest BCUT2D eigenvalue weighted by Crippen LogP contribution is 2.16. The zero-order valence-electron chi connectivity index (χ0n) is 10.6. The summed E-state index contributed by atoms with van der Waals surface area (Å²) in [5.74, 6) is -0.127. The number of amides is 1. The molecule has 1 saturated heterocycles. The molecule has 1 atom stereocenters. The molecule has 0 bridgehead atoms. The summed E-state index contributed by atoms with van der Waals surface area (Å²) in [5, 5.41) is 9.24. The smallest absolute Gasteiger partial charge is 0.251 e. The van der Waals surface area contributed by atoms with Crippen LogP contribution >= 0.6 is 0 Å². The van der Waals surface area contributed by atoms with E-state index in [-0.39, 0.29) is 5.91 Å². The fraction of sp³-hybridized carbons (Fsp3) is 0.917. The Hall–Kier alpha value is -0.610. The molecule has 1 heterocycles. The van der Waals surface area contributed by atoms with Crippen molar-refractivity contribution in [2.75, 3.05) is 26.2 Å². The molecule has 4 heteroatoms. The quantitative estimate of drug-likeness (QED) is 0.770. The molecular weight excluding hydrogens is 204 g/mol. The Morgan fingerprint density at radius 1 is 1.38 bits per heavy atom. The summed E-state index contributed by atoms with van der Waals surface area (Å²) in [6.07, 6.45) is 1.20. The molecule has 94 valence electrons. The topological polar surface area (TPSA) is 43.8 Å². The van der Waals surface area contributed by atoms with Crippen molar-refractivity contribution in [1.82, 2.24) is 9.80 Å². The molecule has 0 spiro atoms. The van der Waals surface area contributed by atoms with Gasteiger partial charge in [0.1, 0.15) is 6.10 Å². The fourth-order valence-electron chi connectivity index (χ4n) is 2.46. The summed E-state index contributed by atoms with van der Waals surface area (Å²) in [6, 6.07) is 0.605. The van der Waals surface area contributed by atoms with E-state index in [0.29, 0.717) is 6.04 Å². The highest BCUT2D eigenvalue weighted by atomic mass is 16.3. The zero-order chi connectivity index (χ0) is 12.1. The average molecular weight is 228 g/mol. The number of aliphatic hydroxyl groups excluding tert-OH is 1. The van der Waals surface area contributed by atoms with E-state index in [1.54, 1.807) is 11.8 Å². The van der Waals surface area contributed by atoms with Gasteiger partial charge in [0.25, 0.3) is 5.91 Å². The Bertz CT molecular complexity index is 219. The van der Waals surface area contributed by atoms with E-state index in [4.69, 9.17) is 0 Å². The van der Waals surface area contributed by atoms with E-state index in [1.807, 2.05) is 0 Å². The average Bonchev–Trinajstić information content (AvgIpc) is 2.30. The van der Waals surface area contributed by atoms with Gasteiger partial charge in [-0.25, -0.2) is 0 Å². The first-order valence-corrected chi connectivity index (χ1v) is 6.31. The van der Waals surface area contributed by atoms with Crippen LogP contribution in [0.3, 0.4) is 0 Å². The number of piperidine rings is 1. The monoisotopic (exact) mass is 228 g/mol. The molecule has 1 aliphatic heterocycles. The fourth-order valence-corrected chi connectivity index (χ4v) is 2.46. The number of carbonyl (C=O) groups excluding carboxylic acids is 1. The molecule has 16 heavy (non-hydrogen) atoms. The predicted octanol–water partition coefficient (Wildman–Crippen LogP) is 0.700. The lowest BCUT2D eigenvalue weighted by molar-refractivity contribution is -0.140. The van der Waals surface area contributed by atoms with Crippen LogP contribution in [-0.4, -0.2) is 59.1 Å². The van der Waals surface area contributed by atoms with Gasteiger partial charge in [-0.2, -0.15) is 0 Å². The van der Waals surface area contributed by atoms with Gasteiger partial charge in [0.05, 0.1) is 0 Å². The predicted molar refractivity (Wildman–Crippen MR) is 64.2 cm³/mol. The number of rotatable bonds is 4. The molecule has 1 fully saturated rings. The first kappa shape index (κ1) is 13.5. The molecule has 1 unspecified atom stereocenters. The van der Waals surface area contributed by atoms with Crippen LogP contribution in [0, 0.1) is 0 Å². The lowest BCUT2D eigenvalue weighted by Crippen LogP contribution is -2.48. The number of hydrogen-bond donors (Lipinski definition) is 1. The van der Waals surface area contributed by atoms with Crippen LogP contribution in [0.2, 0.25) is 0 Å². The first-order valence-electron chi connectivity index (χ1n) is 6.31. The lowest BCUT2D eigenvalue weighted by Gasteiger charge is -2.38. The molecule has 0 aromatic heterocycles. The number of carbonyl (C=O) groups is 1. The van der Waals surface area contributed by atoms with Gasteiger partial charge >= 0.3 is 0 Å². The summed E-state index contributed by atoms with van der Waals surface area (Å²) >= 11 is 0. The van der Waals surface area contributed by atoms with Gasteiger partial charge in [0.2, 0.25) is 0 Å². The minimum Gasteiger partial charge on any atom is -0.384 e. The molecular formula is C12H24N2O2. The summed E-state index contributed by atoms with van der Waals surface area (Å²) in [5.41, 5.74) is 0. The van der Waals surface area contributed by atoms with Crippen LogP contribution in [-0.2, 0) is 4.79 Å². The minimum atomic E-state index is -0.856. The van der Waals surface area contributed by atoms with Crippen molar-refractivity contribution in [1.29, 1.82) is 0 Å². The Balaban J connectivity index is 2.42. The Labute approximate surface area is 98.2 Å². The largest absolute Gasteiger partial charge is 0.384 e. The second-order valence-corrected chi connectivity index (χ2v) is 4.45. The molecule has 0 aliphatic carbocycles. The van der Waals surface area contributed by atoms with Gasteiger partial charge in [0, 0.05) is 19.1 Å². The van der Waals surface area contributed by atoms with Crippen molar-refractivity contribution in [3.63, 3.8) is 0 Å². The third kappa shape index (κ3) is 3.19. The molecule has 0 aromatic carbocycles. The van der Waals surface area contributed by atoms with Crippen molar-refractivity contribution in [3.8, 4) is 0 Å². The Kier molecular flexibility index (Phi) is 5.22. The van der Waals surface area contributed by atoms with Gasteiger partial charge in [-0.3, -0.25) is 4.79 Å². The SMILES string of the molecule is CCN(CC)C1CCN(C(=O)C(C)O)CC1. The molecule has 0 saturated carbocycles. The van der Waals surface area contributed by atoms with Gasteiger partial charge in [0.15, 0.2) is 0 Å². The van der Waals surface area contributed by atoms with E-state index in [1.165, 1.54) is 0 Å². The molecule has 1 aliphatic rings. The molecule has 0 radical (unpaired) electrons. The van der Waals surface area contributed by atoms with Crippen molar-refractivity contribution in [2.24, 2.45) is 0 Å². The highest BCUT2D eigenvalue weighted by Gasteiger charge is 2.26. The Morgan fingerprint density at radius 3 is 2.25 bits per heavy atom. The van der Waals surface area contributed by atoms with Crippen molar-refractivity contribution >= 4 is 5.91 Å². The molecule has 0 aromatic rings. The maximum Gasteiger partial charge on any atom is 0.251 e. The third-order valence-corrected chi connectivity index (χ3v) is 3.46. The van der Waals surface area contributed by atoms with Gasteiger partial charge in [-0.05, 0) is 32.9 Å². The second kappa shape index (κ2) is 6.21. The molecule has 1 N–H and O–H groups in total. The number of nitrogens with zero attached hydrogens (tertiary/aromatic N) is 2. The van der Waals surface area contributed by atoms with Crippen LogP contribution in [0.4, 0.5) is 0 Å². The lowest BCUT2D eigenvalue weighted by atomic mass is 10.0. The van der Waals surface area contributed by atoms with E-state index in [2.05, 4.69) is 18.7 Å². The molecule has 1 rings (SSSR count). The number of aliphatic hydroxyl groups is 1. The maximum atomic E-state index is 11.6. The zero-order valence-corrected chi connectivity index (χ0v) is 10.6. The third-order valence-electron chi connectivity index (χ3n) is 3.46. The van der Waals surface area contributed by atoms with Crippen LogP contribution in [0.25, 0.3) is 0 Å². The normalized spacial score (nSPS) is 20.2. The molecule has 1 amide bonds. The van der Waals surface area contributed by atoms with Gasteiger partial charge in [-0.1, -0.05) is 13.8 Å². The second-order valence-electron chi connectivity index (χ2n) is 4.45.